The molecule has 1 aromatic rings. The number of hydrogen-bond donors (Lipinski definition) is 3. The second kappa shape index (κ2) is 9.99. The number of nitrogens with zero attached hydrogens (tertiary/aromatic N) is 3. The van der Waals surface area contributed by atoms with Gasteiger partial charge in [-0.2, -0.15) is 12.7 Å². The lowest BCUT2D eigenvalue weighted by atomic mass is 9.98. The predicted octanol–water partition coefficient (Wildman–Crippen LogP) is -1.27. The zero-order valence-electron chi connectivity index (χ0n) is 15.9. The summed E-state index contributed by atoms with van der Waals surface area (Å²) in [6.45, 7) is 1.65. The highest BCUT2D eigenvalue weighted by molar-refractivity contribution is 7.84. The van der Waals surface area contributed by atoms with Gasteiger partial charge in [-0.1, -0.05) is 5.16 Å². The van der Waals surface area contributed by atoms with E-state index in [-0.39, 0.29) is 27.6 Å². The molecule has 0 spiro atoms. The molecule has 3 amide bonds. The Bertz CT molecular complexity index is 1030. The molecular formula is C14H16ClN5O9S2. The van der Waals surface area contributed by atoms with E-state index in [1.165, 1.54) is 5.38 Å². The van der Waals surface area contributed by atoms with Gasteiger partial charge in [0.1, 0.15) is 24.2 Å². The van der Waals surface area contributed by atoms with E-state index in [0.29, 0.717) is 0 Å². The molecule has 1 saturated heterocycles. The standard InChI is InChI=1S/C14H16ClN5O9S2/c1-3-29-19-8(6-5-30-14(16-6)17-7(21)4-15)11(22)18-9-10(13(24)28-2)20(12(9)23)31(25,26)27/h5,9-10H,3-4H2,1-2H3,(H,18,22)(H,16,17,21)(H,25,26,27). The van der Waals surface area contributed by atoms with Gasteiger partial charge in [0.15, 0.2) is 16.9 Å². The van der Waals surface area contributed by atoms with Crippen LogP contribution in [0, 0.1) is 0 Å². The van der Waals surface area contributed by atoms with Crippen LogP contribution in [0.15, 0.2) is 10.5 Å². The third-order valence-electron chi connectivity index (χ3n) is 3.64. The molecule has 2 unspecified atom stereocenters. The first-order valence-corrected chi connectivity index (χ1v) is 11.1. The number of aromatic nitrogens is 1. The zero-order chi connectivity index (χ0) is 23.3. The fourth-order valence-corrected chi connectivity index (χ4v) is 3.96. The molecule has 2 heterocycles. The zero-order valence-corrected chi connectivity index (χ0v) is 18.3. The van der Waals surface area contributed by atoms with Gasteiger partial charge in [-0.3, -0.25) is 18.9 Å². The molecule has 0 aromatic carbocycles. The quantitative estimate of drug-likeness (QED) is 0.0924. The second-order valence-corrected chi connectivity index (χ2v) is 8.02. The lowest BCUT2D eigenvalue weighted by Gasteiger charge is -2.41. The van der Waals surface area contributed by atoms with Crippen LogP contribution in [0.25, 0.3) is 0 Å². The molecule has 14 nitrogen and oxygen atoms in total. The molecule has 1 aliphatic heterocycles. The fraction of sp³-hybridized carbons (Fsp3) is 0.429. The number of esters is 1. The SMILES string of the molecule is CCON=C(C(=O)NC1C(=O)N(S(=O)(=O)O)C1C(=O)OC)c1csc(NC(=O)CCl)n1. The molecular weight excluding hydrogens is 482 g/mol. The molecule has 31 heavy (non-hydrogen) atoms. The third-order valence-corrected chi connectivity index (χ3v) is 5.55. The molecule has 2 rings (SSSR count). The molecule has 17 heteroatoms. The maximum atomic E-state index is 12.7. The minimum Gasteiger partial charge on any atom is -0.467 e. The first-order valence-electron chi connectivity index (χ1n) is 8.26. The van der Waals surface area contributed by atoms with E-state index in [9.17, 15) is 27.6 Å². The summed E-state index contributed by atoms with van der Waals surface area (Å²) in [5.41, 5.74) is -0.472. The molecule has 0 aliphatic carbocycles. The van der Waals surface area contributed by atoms with Crippen molar-refractivity contribution in [2.24, 2.45) is 5.16 Å². The smallest absolute Gasteiger partial charge is 0.363 e. The maximum Gasteiger partial charge on any atom is 0.363 e. The van der Waals surface area contributed by atoms with Crippen molar-refractivity contribution in [1.29, 1.82) is 0 Å². The summed E-state index contributed by atoms with van der Waals surface area (Å²) >= 11 is 6.35. The number of amides is 3. The Hall–Kier alpha value is -2.82. The van der Waals surface area contributed by atoms with Crippen molar-refractivity contribution in [2.45, 2.75) is 19.0 Å². The Morgan fingerprint density at radius 2 is 2.10 bits per heavy atom. The Morgan fingerprint density at radius 1 is 1.42 bits per heavy atom. The van der Waals surface area contributed by atoms with E-state index >= 15 is 0 Å². The third kappa shape index (κ3) is 5.46. The number of carbonyl (C=O) groups excluding carboxylic acids is 4. The van der Waals surface area contributed by atoms with Crippen molar-refractivity contribution >= 4 is 67.8 Å². The predicted molar refractivity (Wildman–Crippen MR) is 106 cm³/mol. The molecule has 170 valence electrons. The van der Waals surface area contributed by atoms with E-state index in [1.54, 1.807) is 6.92 Å². The van der Waals surface area contributed by atoms with Crippen LogP contribution in [0.4, 0.5) is 5.13 Å². The van der Waals surface area contributed by atoms with Gasteiger partial charge in [0.2, 0.25) is 5.91 Å². The van der Waals surface area contributed by atoms with Crippen molar-refractivity contribution < 1.29 is 41.7 Å². The minimum atomic E-state index is -5.07. The highest BCUT2D eigenvalue weighted by Gasteiger charge is 2.58. The van der Waals surface area contributed by atoms with Crippen molar-refractivity contribution in [3.8, 4) is 0 Å². The molecule has 1 aromatic heterocycles. The second-order valence-electron chi connectivity index (χ2n) is 5.61. The van der Waals surface area contributed by atoms with Crippen LogP contribution in [0.1, 0.15) is 12.6 Å². The number of halogens is 1. The average Bonchev–Trinajstić information content (AvgIpc) is 3.16. The van der Waals surface area contributed by atoms with Gasteiger partial charge in [0.25, 0.3) is 11.8 Å². The first-order chi connectivity index (χ1) is 14.5. The van der Waals surface area contributed by atoms with Gasteiger partial charge in [-0.05, 0) is 6.92 Å². The Morgan fingerprint density at radius 3 is 2.65 bits per heavy atom. The highest BCUT2D eigenvalue weighted by Crippen LogP contribution is 2.25. The number of β-lactam (4-membered cyclic amide) rings is 1. The molecule has 1 fully saturated rings. The number of methoxy groups -OCH3 is 1. The van der Waals surface area contributed by atoms with Gasteiger partial charge >= 0.3 is 16.3 Å². The topological polar surface area (TPSA) is 194 Å². The molecule has 0 radical (unpaired) electrons. The Kier molecular flexibility index (Phi) is 7.88. The van der Waals surface area contributed by atoms with Crippen LogP contribution in [-0.2, 0) is 39.1 Å². The van der Waals surface area contributed by atoms with E-state index in [2.05, 4.69) is 25.5 Å². The van der Waals surface area contributed by atoms with Gasteiger partial charge in [0.05, 0.1) is 7.11 Å². The number of oxime groups is 1. The lowest BCUT2D eigenvalue weighted by molar-refractivity contribution is -0.162. The van der Waals surface area contributed by atoms with Crippen LogP contribution in [0.5, 0.6) is 0 Å². The van der Waals surface area contributed by atoms with Crippen molar-refractivity contribution in [3.05, 3.63) is 11.1 Å². The fourth-order valence-electron chi connectivity index (χ4n) is 2.35. The van der Waals surface area contributed by atoms with E-state index in [1.807, 2.05) is 0 Å². The number of rotatable bonds is 9. The van der Waals surface area contributed by atoms with Crippen molar-refractivity contribution in [3.63, 3.8) is 0 Å². The maximum absolute atomic E-state index is 12.7. The van der Waals surface area contributed by atoms with E-state index in [0.717, 1.165) is 18.4 Å². The first kappa shape index (κ1) is 24.4. The summed E-state index contributed by atoms with van der Waals surface area (Å²) in [6.07, 6.45) is 0. The van der Waals surface area contributed by atoms with Gasteiger partial charge in [-0.25, -0.2) is 9.78 Å². The van der Waals surface area contributed by atoms with Crippen LogP contribution in [0.3, 0.4) is 0 Å². The van der Waals surface area contributed by atoms with Crippen LogP contribution >= 0.6 is 22.9 Å². The normalized spacial score (nSPS) is 18.8. The van der Waals surface area contributed by atoms with Crippen molar-refractivity contribution in [2.75, 3.05) is 24.9 Å². The molecule has 2 atom stereocenters. The molecule has 3 N–H and O–H groups in total. The molecule has 1 aliphatic rings. The monoisotopic (exact) mass is 497 g/mol. The van der Waals surface area contributed by atoms with Gasteiger partial charge in [0, 0.05) is 5.38 Å². The molecule has 0 bridgehead atoms. The van der Waals surface area contributed by atoms with Crippen LogP contribution in [0.2, 0.25) is 0 Å². The molecule has 0 saturated carbocycles. The minimum absolute atomic E-state index is 0.0474. The number of ether oxygens (including phenoxy) is 1. The summed E-state index contributed by atoms with van der Waals surface area (Å²) in [4.78, 5) is 56.9. The number of nitrogens with one attached hydrogen (secondary N) is 2. The summed E-state index contributed by atoms with van der Waals surface area (Å²) in [5.74, 6) is -4.36. The van der Waals surface area contributed by atoms with Crippen LogP contribution in [-0.4, -0.2) is 83.3 Å². The number of alkyl halides is 1. The Balaban J connectivity index is 2.27. The van der Waals surface area contributed by atoms with Gasteiger partial charge in [-0.15, -0.1) is 22.9 Å². The number of anilines is 1. The number of hydrogen-bond acceptors (Lipinski definition) is 11. The largest absolute Gasteiger partial charge is 0.467 e. The Labute approximate surface area is 184 Å². The van der Waals surface area contributed by atoms with Crippen LogP contribution < -0.4 is 10.6 Å². The van der Waals surface area contributed by atoms with E-state index in [4.69, 9.17) is 21.0 Å². The summed E-state index contributed by atoms with van der Waals surface area (Å²) < 4.78 is 36.1. The summed E-state index contributed by atoms with van der Waals surface area (Å²) in [5, 5.41) is 9.59. The average molecular weight is 498 g/mol. The van der Waals surface area contributed by atoms with E-state index < -0.39 is 51.8 Å². The summed E-state index contributed by atoms with van der Waals surface area (Å²) in [7, 11) is -4.14. The number of thiazole rings is 1. The summed E-state index contributed by atoms with van der Waals surface area (Å²) in [6, 6.07) is -3.48. The lowest BCUT2D eigenvalue weighted by Crippen LogP contribution is -2.74. The van der Waals surface area contributed by atoms with Gasteiger partial charge < -0.3 is 20.2 Å². The number of carbonyl (C=O) groups is 4. The highest BCUT2D eigenvalue weighted by atomic mass is 35.5. The van der Waals surface area contributed by atoms with Crippen molar-refractivity contribution in [1.82, 2.24) is 14.6 Å².